The maximum Gasteiger partial charge on any atom is 0.257 e. The van der Waals surface area contributed by atoms with Crippen LogP contribution in [0, 0.1) is 12.7 Å². The van der Waals surface area contributed by atoms with Crippen LogP contribution in [0.5, 0.6) is 5.75 Å². The van der Waals surface area contributed by atoms with E-state index in [2.05, 4.69) is 10.3 Å². The molecule has 2 aromatic carbocycles. The highest BCUT2D eigenvalue weighted by Crippen LogP contribution is 2.35. The van der Waals surface area contributed by atoms with Crippen molar-refractivity contribution in [1.29, 1.82) is 0 Å². The summed E-state index contributed by atoms with van der Waals surface area (Å²) in [5, 5.41) is 3.91. The first-order valence-electron chi connectivity index (χ1n) is 9.86. The second-order valence-corrected chi connectivity index (χ2v) is 7.39. The fraction of sp³-hybridized carbons (Fsp3) is 0.304. The summed E-state index contributed by atoms with van der Waals surface area (Å²) in [5.74, 6) is 0.187. The Labute approximate surface area is 169 Å². The molecule has 5 nitrogen and oxygen atoms in total. The van der Waals surface area contributed by atoms with Crippen LogP contribution in [0.25, 0.3) is 10.9 Å². The zero-order valence-corrected chi connectivity index (χ0v) is 16.7. The Morgan fingerprint density at radius 1 is 1.14 bits per heavy atom. The van der Waals surface area contributed by atoms with Crippen LogP contribution in [-0.2, 0) is 0 Å². The second-order valence-electron chi connectivity index (χ2n) is 7.39. The van der Waals surface area contributed by atoms with Crippen molar-refractivity contribution in [3.8, 4) is 5.75 Å². The maximum absolute atomic E-state index is 14.1. The van der Waals surface area contributed by atoms with E-state index in [1.54, 1.807) is 19.4 Å². The molecule has 0 spiro atoms. The molecule has 3 aromatic rings. The Hall–Kier alpha value is -3.15. The number of rotatable bonds is 4. The van der Waals surface area contributed by atoms with Crippen molar-refractivity contribution in [3.05, 3.63) is 59.5 Å². The molecule has 1 N–H and O–H groups in total. The number of aromatic nitrogens is 1. The van der Waals surface area contributed by atoms with E-state index in [1.807, 2.05) is 30.0 Å². The number of carbonyl (C=O) groups excluding carboxylic acids is 1. The van der Waals surface area contributed by atoms with Gasteiger partial charge in [0.1, 0.15) is 11.6 Å². The zero-order chi connectivity index (χ0) is 20.4. The van der Waals surface area contributed by atoms with E-state index in [-0.39, 0.29) is 11.7 Å². The van der Waals surface area contributed by atoms with Crippen molar-refractivity contribution in [3.63, 3.8) is 0 Å². The Balaban J connectivity index is 1.86. The molecule has 0 unspecified atom stereocenters. The lowest BCUT2D eigenvalue weighted by molar-refractivity contribution is 0.0725. The van der Waals surface area contributed by atoms with E-state index >= 15 is 0 Å². The number of aryl methyl sites for hydroxylation is 1. The van der Waals surface area contributed by atoms with Gasteiger partial charge in [0.25, 0.3) is 5.91 Å². The van der Waals surface area contributed by atoms with E-state index in [0.29, 0.717) is 27.9 Å². The minimum absolute atomic E-state index is 0.0857. The molecule has 0 atom stereocenters. The summed E-state index contributed by atoms with van der Waals surface area (Å²) in [7, 11) is 1.60. The molecule has 6 heteroatoms. The summed E-state index contributed by atoms with van der Waals surface area (Å²) in [6.45, 7) is 3.44. The minimum atomic E-state index is -0.374. The van der Waals surface area contributed by atoms with Crippen molar-refractivity contribution in [1.82, 2.24) is 9.88 Å². The summed E-state index contributed by atoms with van der Waals surface area (Å²) in [5.41, 5.74) is 3.37. The molecule has 4 rings (SSSR count). The summed E-state index contributed by atoms with van der Waals surface area (Å²) < 4.78 is 19.6. The standard InChI is InChI=1S/C23H24FN3O2/c1-15-6-9-21(29-2)20(12-15)26-22-17-13-16(24)7-8-19(17)25-14-18(22)23(28)27-10-4-3-5-11-27/h6-9,12-14H,3-5,10-11H2,1-2H3,(H,25,26). The summed E-state index contributed by atoms with van der Waals surface area (Å²) >= 11 is 0. The topological polar surface area (TPSA) is 54.5 Å². The first kappa shape index (κ1) is 19.2. The summed E-state index contributed by atoms with van der Waals surface area (Å²) in [6, 6.07) is 10.2. The molecular weight excluding hydrogens is 369 g/mol. The molecule has 0 aliphatic carbocycles. The number of nitrogens with one attached hydrogen (secondary N) is 1. The van der Waals surface area contributed by atoms with E-state index in [4.69, 9.17) is 4.74 Å². The third kappa shape index (κ3) is 3.88. The zero-order valence-electron chi connectivity index (χ0n) is 16.7. The number of ether oxygens (including phenoxy) is 1. The smallest absolute Gasteiger partial charge is 0.257 e. The molecule has 150 valence electrons. The predicted molar refractivity (Wildman–Crippen MR) is 112 cm³/mol. The molecule has 1 amide bonds. The van der Waals surface area contributed by atoms with Crippen LogP contribution in [0.4, 0.5) is 15.8 Å². The molecule has 2 heterocycles. The van der Waals surface area contributed by atoms with Gasteiger partial charge in [-0.15, -0.1) is 0 Å². The van der Waals surface area contributed by atoms with Crippen LogP contribution in [0.15, 0.2) is 42.6 Å². The van der Waals surface area contributed by atoms with Gasteiger partial charge >= 0.3 is 0 Å². The van der Waals surface area contributed by atoms with Crippen LogP contribution in [0.2, 0.25) is 0 Å². The maximum atomic E-state index is 14.1. The molecule has 1 aromatic heterocycles. The molecule has 1 aliphatic heterocycles. The number of halogens is 1. The molecule has 0 radical (unpaired) electrons. The molecule has 0 saturated carbocycles. The van der Waals surface area contributed by atoms with Crippen LogP contribution >= 0.6 is 0 Å². The lowest BCUT2D eigenvalue weighted by Gasteiger charge is -2.28. The third-order valence-corrected chi connectivity index (χ3v) is 5.32. The predicted octanol–water partition coefficient (Wildman–Crippen LogP) is 5.06. The van der Waals surface area contributed by atoms with Gasteiger partial charge in [0.05, 0.1) is 29.6 Å². The fourth-order valence-corrected chi connectivity index (χ4v) is 3.78. The van der Waals surface area contributed by atoms with E-state index in [1.165, 1.54) is 12.1 Å². The van der Waals surface area contributed by atoms with Crippen molar-refractivity contribution in [2.75, 3.05) is 25.5 Å². The highest BCUT2D eigenvalue weighted by Gasteiger charge is 2.23. The number of amides is 1. The number of methoxy groups -OCH3 is 1. The highest BCUT2D eigenvalue weighted by atomic mass is 19.1. The van der Waals surface area contributed by atoms with Gasteiger partial charge in [0, 0.05) is 24.7 Å². The van der Waals surface area contributed by atoms with Crippen LogP contribution in [-0.4, -0.2) is 36.0 Å². The number of nitrogens with zero attached hydrogens (tertiary/aromatic N) is 2. The van der Waals surface area contributed by atoms with E-state index < -0.39 is 0 Å². The number of carbonyl (C=O) groups is 1. The Morgan fingerprint density at radius 2 is 1.93 bits per heavy atom. The molecule has 0 bridgehead atoms. The average Bonchev–Trinajstić information content (AvgIpc) is 2.74. The Morgan fingerprint density at radius 3 is 2.69 bits per heavy atom. The average molecular weight is 393 g/mol. The van der Waals surface area contributed by atoms with E-state index in [9.17, 15) is 9.18 Å². The van der Waals surface area contributed by atoms with Crippen molar-refractivity contribution < 1.29 is 13.9 Å². The van der Waals surface area contributed by atoms with E-state index in [0.717, 1.165) is 43.6 Å². The van der Waals surface area contributed by atoms with Gasteiger partial charge in [-0.25, -0.2) is 4.39 Å². The lowest BCUT2D eigenvalue weighted by Crippen LogP contribution is -2.36. The SMILES string of the molecule is COc1ccc(C)cc1Nc1c(C(=O)N2CCCCC2)cnc2ccc(F)cc12. The second kappa shape index (κ2) is 8.07. The number of hydrogen-bond donors (Lipinski definition) is 1. The van der Waals surface area contributed by atoms with Crippen LogP contribution in [0.3, 0.4) is 0 Å². The van der Waals surface area contributed by atoms with Gasteiger partial charge in [-0.3, -0.25) is 9.78 Å². The molecule has 1 saturated heterocycles. The van der Waals surface area contributed by atoms with Gasteiger partial charge in [-0.1, -0.05) is 6.07 Å². The van der Waals surface area contributed by atoms with Gasteiger partial charge < -0.3 is 15.0 Å². The number of benzene rings is 2. The first-order chi connectivity index (χ1) is 14.1. The summed E-state index contributed by atoms with van der Waals surface area (Å²) in [6.07, 6.45) is 4.71. The van der Waals surface area contributed by atoms with Gasteiger partial charge in [0.2, 0.25) is 0 Å². The lowest BCUT2D eigenvalue weighted by atomic mass is 10.1. The highest BCUT2D eigenvalue weighted by molar-refractivity contribution is 6.08. The first-order valence-corrected chi connectivity index (χ1v) is 9.86. The van der Waals surface area contributed by atoms with Gasteiger partial charge in [0.15, 0.2) is 0 Å². The Bertz CT molecular complexity index is 1060. The largest absolute Gasteiger partial charge is 0.495 e. The molecule has 1 fully saturated rings. The minimum Gasteiger partial charge on any atom is -0.495 e. The quantitative estimate of drug-likeness (QED) is 0.673. The summed E-state index contributed by atoms with van der Waals surface area (Å²) in [4.78, 5) is 19.5. The van der Waals surface area contributed by atoms with Gasteiger partial charge in [-0.2, -0.15) is 0 Å². The molecular formula is C23H24FN3O2. The van der Waals surface area contributed by atoms with Gasteiger partial charge in [-0.05, 0) is 62.1 Å². The number of likely N-dealkylation sites (tertiary alicyclic amines) is 1. The monoisotopic (exact) mass is 393 g/mol. The fourth-order valence-electron chi connectivity index (χ4n) is 3.78. The van der Waals surface area contributed by atoms with Crippen molar-refractivity contribution in [2.24, 2.45) is 0 Å². The number of piperidine rings is 1. The van der Waals surface area contributed by atoms with Crippen molar-refractivity contribution in [2.45, 2.75) is 26.2 Å². The Kier molecular flexibility index (Phi) is 5.34. The molecule has 1 aliphatic rings. The molecule has 29 heavy (non-hydrogen) atoms. The van der Waals surface area contributed by atoms with Crippen LogP contribution < -0.4 is 10.1 Å². The van der Waals surface area contributed by atoms with Crippen LogP contribution in [0.1, 0.15) is 35.2 Å². The van der Waals surface area contributed by atoms with Crippen molar-refractivity contribution >= 4 is 28.2 Å². The number of pyridine rings is 1. The normalized spacial score (nSPS) is 14.1. The number of anilines is 2. The number of fused-ring (bicyclic) bond motifs is 1. The number of hydrogen-bond acceptors (Lipinski definition) is 4. The third-order valence-electron chi connectivity index (χ3n) is 5.32.